The summed E-state index contributed by atoms with van der Waals surface area (Å²) >= 11 is 3.29. The molecule has 104 valence electrons. The first-order valence-electron chi connectivity index (χ1n) is 6.27. The molecule has 0 radical (unpaired) electrons. The number of pyridine rings is 1. The summed E-state index contributed by atoms with van der Waals surface area (Å²) in [7, 11) is 0. The molecule has 1 amide bonds. The summed E-state index contributed by atoms with van der Waals surface area (Å²) in [6.07, 6.45) is 2.14. The summed E-state index contributed by atoms with van der Waals surface area (Å²) in [5, 5.41) is 12.2. The zero-order valence-electron chi connectivity index (χ0n) is 10.8. The molecule has 1 heterocycles. The van der Waals surface area contributed by atoms with Crippen molar-refractivity contribution < 1.29 is 9.90 Å². The van der Waals surface area contributed by atoms with Crippen LogP contribution in [0.3, 0.4) is 0 Å². The minimum Gasteiger partial charge on any atom is -0.394 e. The Hall–Kier alpha value is -1.72. The lowest BCUT2D eigenvalue weighted by molar-refractivity contribution is 0.0910. The monoisotopic (exact) mass is 334 g/mol. The van der Waals surface area contributed by atoms with E-state index in [1.807, 2.05) is 30.3 Å². The van der Waals surface area contributed by atoms with Gasteiger partial charge in [0.1, 0.15) is 5.69 Å². The highest BCUT2D eigenvalue weighted by molar-refractivity contribution is 9.10. The van der Waals surface area contributed by atoms with Crippen LogP contribution in [0.25, 0.3) is 0 Å². The first-order chi connectivity index (χ1) is 9.70. The topological polar surface area (TPSA) is 62.2 Å². The molecule has 0 saturated heterocycles. The van der Waals surface area contributed by atoms with Crippen LogP contribution in [-0.2, 0) is 6.42 Å². The van der Waals surface area contributed by atoms with E-state index in [0.717, 1.165) is 5.56 Å². The van der Waals surface area contributed by atoms with Crippen LogP contribution in [-0.4, -0.2) is 28.6 Å². The lowest BCUT2D eigenvalue weighted by Crippen LogP contribution is -2.39. The fraction of sp³-hybridized carbons (Fsp3) is 0.200. The van der Waals surface area contributed by atoms with E-state index in [1.165, 1.54) is 0 Å². The van der Waals surface area contributed by atoms with Crippen molar-refractivity contribution in [3.63, 3.8) is 0 Å². The number of hydrogen-bond donors (Lipinski definition) is 2. The molecule has 2 rings (SSSR count). The molecular formula is C15H15BrN2O2. The number of nitrogens with zero attached hydrogens (tertiary/aromatic N) is 1. The standard InChI is InChI=1S/C15H15BrN2O2/c16-13-7-4-8-17-14(13)15(20)18-12(10-19)9-11-5-2-1-3-6-11/h1-8,12,19H,9-10H2,(H,18,20). The number of rotatable bonds is 5. The zero-order valence-corrected chi connectivity index (χ0v) is 12.4. The molecule has 0 fully saturated rings. The number of nitrogens with one attached hydrogen (secondary N) is 1. The minimum absolute atomic E-state index is 0.120. The predicted molar refractivity (Wildman–Crippen MR) is 80.4 cm³/mol. The molecule has 1 atom stereocenters. The Balaban J connectivity index is 2.03. The molecule has 0 spiro atoms. The van der Waals surface area contributed by atoms with Crippen LogP contribution in [0.4, 0.5) is 0 Å². The molecule has 0 aliphatic heterocycles. The molecule has 4 nitrogen and oxygen atoms in total. The highest BCUT2D eigenvalue weighted by Gasteiger charge is 2.16. The maximum Gasteiger partial charge on any atom is 0.271 e. The van der Waals surface area contributed by atoms with E-state index in [9.17, 15) is 9.90 Å². The third kappa shape index (κ3) is 3.88. The Morgan fingerprint density at radius 1 is 1.25 bits per heavy atom. The SMILES string of the molecule is O=C(NC(CO)Cc1ccccc1)c1ncccc1Br. The van der Waals surface area contributed by atoms with Gasteiger partial charge < -0.3 is 10.4 Å². The van der Waals surface area contributed by atoms with Gasteiger partial charge in [-0.2, -0.15) is 0 Å². The number of carbonyl (C=O) groups is 1. The number of aliphatic hydroxyl groups excluding tert-OH is 1. The quantitative estimate of drug-likeness (QED) is 0.880. The fourth-order valence-electron chi connectivity index (χ4n) is 1.87. The second kappa shape index (κ2) is 7.17. The number of carbonyl (C=O) groups excluding carboxylic acids is 1. The maximum atomic E-state index is 12.1. The van der Waals surface area contributed by atoms with Gasteiger partial charge in [-0.3, -0.25) is 4.79 Å². The summed E-state index contributed by atoms with van der Waals surface area (Å²) in [6, 6.07) is 12.9. The van der Waals surface area contributed by atoms with E-state index >= 15 is 0 Å². The van der Waals surface area contributed by atoms with E-state index in [2.05, 4.69) is 26.2 Å². The second-order valence-corrected chi connectivity index (χ2v) is 5.23. The van der Waals surface area contributed by atoms with Crippen molar-refractivity contribution in [3.8, 4) is 0 Å². The number of halogens is 1. The van der Waals surface area contributed by atoms with Gasteiger partial charge in [-0.05, 0) is 40.0 Å². The van der Waals surface area contributed by atoms with Crippen LogP contribution in [0.5, 0.6) is 0 Å². The highest BCUT2D eigenvalue weighted by Crippen LogP contribution is 2.13. The molecule has 1 aromatic carbocycles. The summed E-state index contributed by atoms with van der Waals surface area (Å²) in [5.41, 5.74) is 1.38. The summed E-state index contributed by atoms with van der Waals surface area (Å²) in [4.78, 5) is 16.1. The lowest BCUT2D eigenvalue weighted by Gasteiger charge is -2.16. The number of aliphatic hydroxyl groups is 1. The largest absolute Gasteiger partial charge is 0.394 e. The minimum atomic E-state index is -0.334. The first-order valence-corrected chi connectivity index (χ1v) is 7.06. The van der Waals surface area contributed by atoms with Crippen molar-refractivity contribution in [3.05, 3.63) is 64.4 Å². The molecule has 0 aliphatic rings. The molecule has 5 heteroatoms. The summed E-state index contributed by atoms with van der Waals surface area (Å²) < 4.78 is 0.633. The van der Waals surface area contributed by atoms with Crippen molar-refractivity contribution in [2.45, 2.75) is 12.5 Å². The molecule has 2 N–H and O–H groups in total. The van der Waals surface area contributed by atoms with Gasteiger partial charge in [0.2, 0.25) is 0 Å². The maximum absolute atomic E-state index is 12.1. The van der Waals surface area contributed by atoms with E-state index in [-0.39, 0.29) is 18.6 Å². The summed E-state index contributed by atoms with van der Waals surface area (Å²) in [6.45, 7) is -0.120. The first kappa shape index (κ1) is 14.7. The molecule has 1 aromatic heterocycles. The van der Waals surface area contributed by atoms with Crippen molar-refractivity contribution in [1.29, 1.82) is 0 Å². The molecule has 0 aliphatic carbocycles. The fourth-order valence-corrected chi connectivity index (χ4v) is 2.30. The highest BCUT2D eigenvalue weighted by atomic mass is 79.9. The molecule has 0 saturated carbocycles. The predicted octanol–water partition coefficient (Wildman–Crippen LogP) is 2.18. The van der Waals surface area contributed by atoms with E-state index in [1.54, 1.807) is 18.3 Å². The van der Waals surface area contributed by atoms with E-state index in [0.29, 0.717) is 16.6 Å². The number of aromatic nitrogens is 1. The Labute approximate surface area is 126 Å². The second-order valence-electron chi connectivity index (χ2n) is 4.38. The number of amides is 1. The zero-order chi connectivity index (χ0) is 14.4. The normalized spacial score (nSPS) is 11.9. The number of benzene rings is 1. The third-order valence-electron chi connectivity index (χ3n) is 2.85. The van der Waals surface area contributed by atoms with Gasteiger partial charge in [0.25, 0.3) is 5.91 Å². The molecule has 20 heavy (non-hydrogen) atoms. The van der Waals surface area contributed by atoms with Crippen molar-refractivity contribution in [2.75, 3.05) is 6.61 Å². The third-order valence-corrected chi connectivity index (χ3v) is 3.49. The molecular weight excluding hydrogens is 320 g/mol. The molecule has 1 unspecified atom stereocenters. The Morgan fingerprint density at radius 2 is 2.00 bits per heavy atom. The van der Waals surface area contributed by atoms with Crippen molar-refractivity contribution >= 4 is 21.8 Å². The van der Waals surface area contributed by atoms with Crippen LogP contribution in [0, 0.1) is 0 Å². The van der Waals surface area contributed by atoms with Crippen LogP contribution in [0.15, 0.2) is 53.1 Å². The average molecular weight is 335 g/mol. The van der Waals surface area contributed by atoms with Crippen LogP contribution >= 0.6 is 15.9 Å². The van der Waals surface area contributed by atoms with Crippen molar-refractivity contribution in [1.82, 2.24) is 10.3 Å². The Bertz CT molecular complexity index is 575. The average Bonchev–Trinajstić information content (AvgIpc) is 2.48. The van der Waals surface area contributed by atoms with E-state index in [4.69, 9.17) is 0 Å². The lowest BCUT2D eigenvalue weighted by atomic mass is 10.1. The van der Waals surface area contributed by atoms with Gasteiger partial charge >= 0.3 is 0 Å². The van der Waals surface area contributed by atoms with Crippen LogP contribution < -0.4 is 5.32 Å². The van der Waals surface area contributed by atoms with Gasteiger partial charge in [0.15, 0.2) is 0 Å². The number of hydrogen-bond acceptors (Lipinski definition) is 3. The van der Waals surface area contributed by atoms with Gasteiger partial charge in [0, 0.05) is 10.7 Å². The smallest absolute Gasteiger partial charge is 0.271 e. The van der Waals surface area contributed by atoms with Crippen LogP contribution in [0.1, 0.15) is 16.1 Å². The van der Waals surface area contributed by atoms with Crippen LogP contribution in [0.2, 0.25) is 0 Å². The van der Waals surface area contributed by atoms with Crippen molar-refractivity contribution in [2.24, 2.45) is 0 Å². The van der Waals surface area contributed by atoms with Gasteiger partial charge in [-0.25, -0.2) is 4.98 Å². The van der Waals surface area contributed by atoms with Gasteiger partial charge in [-0.1, -0.05) is 30.3 Å². The molecule has 0 bridgehead atoms. The Kier molecular flexibility index (Phi) is 5.26. The van der Waals surface area contributed by atoms with Gasteiger partial charge in [-0.15, -0.1) is 0 Å². The van der Waals surface area contributed by atoms with E-state index < -0.39 is 0 Å². The Morgan fingerprint density at radius 3 is 2.65 bits per heavy atom. The molecule has 2 aromatic rings. The van der Waals surface area contributed by atoms with Gasteiger partial charge in [0.05, 0.1) is 12.6 Å². The summed E-state index contributed by atoms with van der Waals surface area (Å²) in [5.74, 6) is -0.299.